The van der Waals surface area contributed by atoms with Crippen LogP contribution >= 0.6 is 0 Å². The van der Waals surface area contributed by atoms with Crippen molar-refractivity contribution in [2.45, 2.75) is 33.1 Å². The second-order valence-corrected chi connectivity index (χ2v) is 2.69. The van der Waals surface area contributed by atoms with Crippen molar-refractivity contribution in [3.05, 3.63) is 11.6 Å². The lowest BCUT2D eigenvalue weighted by molar-refractivity contribution is -0.118. The zero-order chi connectivity index (χ0) is 8.69. The van der Waals surface area contributed by atoms with Crippen molar-refractivity contribution >= 4 is 5.78 Å². The maximum atomic E-state index is 10.8. The number of ketones is 1. The van der Waals surface area contributed by atoms with Gasteiger partial charge in [-0.25, -0.2) is 0 Å². The van der Waals surface area contributed by atoms with Crippen LogP contribution < -0.4 is 0 Å². The fourth-order valence-electron chi connectivity index (χ4n) is 0.698. The molecule has 0 aromatic rings. The maximum Gasteiger partial charge on any atom is 0.147 e. The predicted molar refractivity (Wildman–Crippen MR) is 43.9 cm³/mol. The summed E-state index contributed by atoms with van der Waals surface area (Å²) >= 11 is 0. The number of nitrogens with zero attached hydrogens (tertiary/aromatic N) is 1. The highest BCUT2D eigenvalue weighted by atomic mass is 16.1. The van der Waals surface area contributed by atoms with Gasteiger partial charge in [0, 0.05) is 6.42 Å². The van der Waals surface area contributed by atoms with Crippen LogP contribution in [0.1, 0.15) is 33.1 Å². The number of Topliss-reactive ketones (excluding diaryl/α,β-unsaturated/α-hetero) is 1. The van der Waals surface area contributed by atoms with Crippen molar-refractivity contribution < 1.29 is 4.79 Å². The maximum absolute atomic E-state index is 10.8. The summed E-state index contributed by atoms with van der Waals surface area (Å²) < 4.78 is 0. The topological polar surface area (TPSA) is 40.9 Å². The summed E-state index contributed by atoms with van der Waals surface area (Å²) in [4.78, 5) is 10.8. The van der Waals surface area contributed by atoms with Crippen LogP contribution in [0.25, 0.3) is 0 Å². The Bertz CT molecular complexity index is 194. The highest BCUT2D eigenvalue weighted by molar-refractivity contribution is 5.80. The molecule has 0 amide bonds. The summed E-state index contributed by atoms with van der Waals surface area (Å²) in [6, 6.07) is 1.84. The first-order valence-electron chi connectivity index (χ1n) is 3.69. The van der Waals surface area contributed by atoms with Crippen molar-refractivity contribution in [3.63, 3.8) is 0 Å². The van der Waals surface area contributed by atoms with Gasteiger partial charge in [-0.2, -0.15) is 5.26 Å². The molecule has 2 nitrogen and oxygen atoms in total. The van der Waals surface area contributed by atoms with Crippen molar-refractivity contribution in [2.24, 2.45) is 0 Å². The summed E-state index contributed by atoms with van der Waals surface area (Å²) in [6.07, 6.45) is 3.33. The van der Waals surface area contributed by atoms with E-state index in [1.165, 1.54) is 5.57 Å². The molecule has 0 atom stereocenters. The number of carbonyl (C=O) groups is 1. The molecule has 0 N–H and O–H groups in total. The average molecular weight is 151 g/mol. The third-order valence-corrected chi connectivity index (χ3v) is 1.25. The van der Waals surface area contributed by atoms with E-state index in [0.717, 1.165) is 6.42 Å². The van der Waals surface area contributed by atoms with E-state index in [4.69, 9.17) is 5.26 Å². The molecule has 0 aliphatic rings. The van der Waals surface area contributed by atoms with E-state index in [-0.39, 0.29) is 12.2 Å². The van der Waals surface area contributed by atoms with Crippen LogP contribution in [0.2, 0.25) is 0 Å². The number of allylic oxidation sites excluding steroid dienone is 2. The van der Waals surface area contributed by atoms with Gasteiger partial charge < -0.3 is 0 Å². The average Bonchev–Trinajstić information content (AvgIpc) is 1.87. The Morgan fingerprint density at radius 2 is 2.18 bits per heavy atom. The largest absolute Gasteiger partial charge is 0.299 e. The van der Waals surface area contributed by atoms with Gasteiger partial charge in [-0.1, -0.05) is 11.6 Å². The molecule has 0 aliphatic heterocycles. The van der Waals surface area contributed by atoms with Gasteiger partial charge in [0.25, 0.3) is 0 Å². The Balaban J connectivity index is 3.49. The molecule has 0 unspecified atom stereocenters. The predicted octanol–water partition coefficient (Wildman–Crippen LogP) is 2.22. The molecule has 0 bridgehead atoms. The number of rotatable bonds is 4. The first-order valence-corrected chi connectivity index (χ1v) is 3.69. The molecule has 2 heteroatoms. The molecule has 0 aliphatic carbocycles. The first kappa shape index (κ1) is 9.90. The molecule has 0 saturated carbocycles. The van der Waals surface area contributed by atoms with Gasteiger partial charge in [0.1, 0.15) is 5.78 Å². The van der Waals surface area contributed by atoms with E-state index in [2.05, 4.69) is 0 Å². The number of hydrogen-bond donors (Lipinski definition) is 0. The quantitative estimate of drug-likeness (QED) is 0.578. The lowest BCUT2D eigenvalue weighted by atomic mass is 10.1. The summed E-state index contributed by atoms with van der Waals surface area (Å²) in [6.45, 7) is 3.99. The Morgan fingerprint density at radius 1 is 1.55 bits per heavy atom. The minimum atomic E-state index is 0.0324. The summed E-state index contributed by atoms with van der Waals surface area (Å²) in [5.41, 5.74) is 1.22. The van der Waals surface area contributed by atoms with Crippen LogP contribution in [0, 0.1) is 11.3 Å². The van der Waals surface area contributed by atoms with Gasteiger partial charge in [-0.3, -0.25) is 4.79 Å². The minimum Gasteiger partial charge on any atom is -0.299 e. The molecule has 0 heterocycles. The first-order chi connectivity index (χ1) is 5.16. The monoisotopic (exact) mass is 151 g/mol. The molecule has 0 fully saturated rings. The van der Waals surface area contributed by atoms with E-state index in [9.17, 15) is 4.79 Å². The lowest BCUT2D eigenvalue weighted by Crippen LogP contribution is -1.93. The van der Waals surface area contributed by atoms with E-state index < -0.39 is 0 Å². The number of carbonyl (C=O) groups excluding carboxylic acids is 1. The Morgan fingerprint density at radius 3 is 2.64 bits per heavy atom. The Labute approximate surface area is 67.5 Å². The lowest BCUT2D eigenvalue weighted by Gasteiger charge is -1.91. The molecule has 60 valence electrons. The van der Waals surface area contributed by atoms with Crippen LogP contribution in [0.3, 0.4) is 0 Å². The van der Waals surface area contributed by atoms with Crippen LogP contribution in [-0.2, 0) is 4.79 Å². The van der Waals surface area contributed by atoms with Crippen molar-refractivity contribution in [2.75, 3.05) is 0 Å². The standard InChI is InChI=1S/C9H13NO/c1-8(2)4-3-5-9(11)6-7-10/h4H,3,5-6H2,1-2H3. The second kappa shape index (κ2) is 5.67. The molecule has 0 rings (SSSR count). The van der Waals surface area contributed by atoms with E-state index in [1.54, 1.807) is 0 Å². The fourth-order valence-corrected chi connectivity index (χ4v) is 0.698. The number of nitriles is 1. The molecule has 0 aromatic heterocycles. The van der Waals surface area contributed by atoms with E-state index >= 15 is 0 Å². The highest BCUT2D eigenvalue weighted by Crippen LogP contribution is 1.99. The van der Waals surface area contributed by atoms with Crippen LogP contribution in [0.15, 0.2) is 11.6 Å². The molecule has 0 aromatic carbocycles. The van der Waals surface area contributed by atoms with Gasteiger partial charge in [-0.05, 0) is 20.3 Å². The smallest absolute Gasteiger partial charge is 0.147 e. The third-order valence-electron chi connectivity index (χ3n) is 1.25. The second-order valence-electron chi connectivity index (χ2n) is 2.69. The SMILES string of the molecule is CC(C)=CCCC(=O)CC#N. The van der Waals surface area contributed by atoms with E-state index in [1.807, 2.05) is 26.0 Å². The zero-order valence-electron chi connectivity index (χ0n) is 7.05. The molecule has 0 spiro atoms. The minimum absolute atomic E-state index is 0.0324. The van der Waals surface area contributed by atoms with Gasteiger partial charge in [0.2, 0.25) is 0 Å². The van der Waals surface area contributed by atoms with Gasteiger partial charge in [0.15, 0.2) is 0 Å². The number of hydrogen-bond acceptors (Lipinski definition) is 2. The Kier molecular flexibility index (Phi) is 5.10. The van der Waals surface area contributed by atoms with Crippen molar-refractivity contribution in [3.8, 4) is 6.07 Å². The third kappa shape index (κ3) is 6.79. The van der Waals surface area contributed by atoms with Crippen molar-refractivity contribution in [1.29, 1.82) is 5.26 Å². The molecular weight excluding hydrogens is 138 g/mol. The molecule has 0 saturated heterocycles. The normalized spacial score (nSPS) is 8.45. The van der Waals surface area contributed by atoms with Crippen molar-refractivity contribution in [1.82, 2.24) is 0 Å². The fraction of sp³-hybridized carbons (Fsp3) is 0.556. The van der Waals surface area contributed by atoms with Gasteiger partial charge >= 0.3 is 0 Å². The summed E-state index contributed by atoms with van der Waals surface area (Å²) in [5, 5.41) is 8.16. The van der Waals surface area contributed by atoms with Gasteiger partial charge in [-0.15, -0.1) is 0 Å². The summed E-state index contributed by atoms with van der Waals surface area (Å²) in [5.74, 6) is 0.0324. The van der Waals surface area contributed by atoms with Crippen LogP contribution in [0.4, 0.5) is 0 Å². The molecule has 0 radical (unpaired) electrons. The Hall–Kier alpha value is -1.10. The van der Waals surface area contributed by atoms with Crippen LogP contribution in [0.5, 0.6) is 0 Å². The van der Waals surface area contributed by atoms with Gasteiger partial charge in [0.05, 0.1) is 12.5 Å². The molecule has 11 heavy (non-hydrogen) atoms. The highest BCUT2D eigenvalue weighted by Gasteiger charge is 1.97. The summed E-state index contributed by atoms with van der Waals surface area (Å²) in [7, 11) is 0. The molecular formula is C9H13NO. The van der Waals surface area contributed by atoms with E-state index in [0.29, 0.717) is 6.42 Å². The van der Waals surface area contributed by atoms with Crippen LogP contribution in [-0.4, -0.2) is 5.78 Å². The zero-order valence-corrected chi connectivity index (χ0v) is 7.05.